The summed E-state index contributed by atoms with van der Waals surface area (Å²) in [5.74, 6) is 0.379. The van der Waals surface area contributed by atoms with Gasteiger partial charge in [-0.3, -0.25) is 9.69 Å². The largest absolute Gasteiger partial charge is 0.370 e. The summed E-state index contributed by atoms with van der Waals surface area (Å²) in [6.07, 6.45) is 8.21. The number of aromatic nitrogens is 2. The molecular weight excluding hydrogens is 374 g/mol. The van der Waals surface area contributed by atoms with Crippen molar-refractivity contribution in [2.75, 3.05) is 25.4 Å². The first kappa shape index (κ1) is 19.3. The van der Waals surface area contributed by atoms with Crippen molar-refractivity contribution in [2.45, 2.75) is 50.3 Å². The van der Waals surface area contributed by atoms with Crippen LogP contribution in [0.4, 0.5) is 5.95 Å². The van der Waals surface area contributed by atoms with Gasteiger partial charge in [-0.25, -0.2) is 9.97 Å². The number of amides is 1. The van der Waals surface area contributed by atoms with Gasteiger partial charge in [-0.1, -0.05) is 18.9 Å². The van der Waals surface area contributed by atoms with E-state index in [0.29, 0.717) is 19.0 Å². The number of morpholine rings is 1. The van der Waals surface area contributed by atoms with Crippen LogP contribution in [0.25, 0.3) is 0 Å². The van der Waals surface area contributed by atoms with Crippen molar-refractivity contribution < 1.29 is 9.53 Å². The SMILES string of the molecule is Nc1ncc(CN2CCO[C@@]3(CCCC[C@H]3NC(=O)Cc3cccs3)C2)cn1. The summed E-state index contributed by atoms with van der Waals surface area (Å²) in [6.45, 7) is 3.11. The van der Waals surface area contributed by atoms with E-state index in [-0.39, 0.29) is 17.6 Å². The van der Waals surface area contributed by atoms with Gasteiger partial charge in [-0.15, -0.1) is 11.3 Å². The molecule has 2 fully saturated rings. The van der Waals surface area contributed by atoms with Gasteiger partial charge in [0, 0.05) is 42.5 Å². The molecule has 1 saturated heterocycles. The summed E-state index contributed by atoms with van der Waals surface area (Å²) in [5.41, 5.74) is 6.32. The highest BCUT2D eigenvalue weighted by Gasteiger charge is 2.45. The normalized spacial score (nSPS) is 25.6. The molecule has 150 valence electrons. The second-order valence-corrected chi connectivity index (χ2v) is 8.73. The van der Waals surface area contributed by atoms with Crippen LogP contribution in [0.3, 0.4) is 0 Å². The number of nitrogen functional groups attached to an aromatic ring is 1. The minimum atomic E-state index is -0.309. The fourth-order valence-corrected chi connectivity index (χ4v) is 5.02. The molecule has 2 aromatic heterocycles. The summed E-state index contributed by atoms with van der Waals surface area (Å²) in [6, 6.07) is 4.05. The lowest BCUT2D eigenvalue weighted by atomic mass is 9.78. The van der Waals surface area contributed by atoms with Gasteiger partial charge in [0.25, 0.3) is 0 Å². The van der Waals surface area contributed by atoms with Crippen molar-refractivity contribution in [3.05, 3.63) is 40.3 Å². The van der Waals surface area contributed by atoms with Crippen molar-refractivity contribution in [1.82, 2.24) is 20.2 Å². The first-order valence-corrected chi connectivity index (χ1v) is 10.8. The van der Waals surface area contributed by atoms with Crippen LogP contribution in [0.2, 0.25) is 0 Å². The Morgan fingerprint density at radius 2 is 2.25 bits per heavy atom. The molecule has 1 saturated carbocycles. The van der Waals surface area contributed by atoms with E-state index in [4.69, 9.17) is 10.5 Å². The minimum absolute atomic E-state index is 0.0548. The topological polar surface area (TPSA) is 93.4 Å². The van der Waals surface area contributed by atoms with Gasteiger partial charge in [0.15, 0.2) is 0 Å². The van der Waals surface area contributed by atoms with Crippen molar-refractivity contribution in [2.24, 2.45) is 0 Å². The molecule has 0 bridgehead atoms. The molecule has 0 unspecified atom stereocenters. The molecule has 1 spiro atoms. The third kappa shape index (κ3) is 4.51. The molecule has 0 aromatic carbocycles. The Morgan fingerprint density at radius 3 is 3.04 bits per heavy atom. The molecule has 3 heterocycles. The number of carbonyl (C=O) groups excluding carboxylic acids is 1. The summed E-state index contributed by atoms with van der Waals surface area (Å²) in [5, 5.41) is 5.29. The maximum Gasteiger partial charge on any atom is 0.225 e. The first-order chi connectivity index (χ1) is 13.6. The van der Waals surface area contributed by atoms with E-state index in [1.807, 2.05) is 17.5 Å². The van der Waals surface area contributed by atoms with Gasteiger partial charge < -0.3 is 15.8 Å². The van der Waals surface area contributed by atoms with Gasteiger partial charge in [0.05, 0.1) is 19.1 Å². The maximum atomic E-state index is 12.6. The Bertz CT molecular complexity index is 778. The molecule has 7 nitrogen and oxygen atoms in total. The number of ether oxygens (including phenoxy) is 1. The summed E-state index contributed by atoms with van der Waals surface area (Å²) in [4.78, 5) is 24.3. The van der Waals surface area contributed by atoms with Crippen LogP contribution >= 0.6 is 11.3 Å². The Morgan fingerprint density at radius 1 is 1.39 bits per heavy atom. The standard InChI is InChI=1S/C20H27N5O2S/c21-19-22-11-15(12-23-19)13-25-7-8-27-20(14-25)6-2-1-5-17(20)24-18(26)10-16-4-3-9-28-16/h3-4,9,11-12,17H,1-2,5-8,10,13-14H2,(H,24,26)(H2,21,22,23)/t17-,20+/m1/s1. The molecule has 0 radical (unpaired) electrons. The number of rotatable bonds is 5. The maximum absolute atomic E-state index is 12.6. The van der Waals surface area contributed by atoms with Crippen LogP contribution in [0, 0.1) is 0 Å². The zero-order valence-electron chi connectivity index (χ0n) is 16.0. The molecule has 1 amide bonds. The number of nitrogens with one attached hydrogen (secondary N) is 1. The van der Waals surface area contributed by atoms with Crippen LogP contribution in [-0.2, 0) is 22.5 Å². The molecule has 1 aliphatic heterocycles. The summed E-state index contributed by atoms with van der Waals surface area (Å²) >= 11 is 1.62. The lowest BCUT2D eigenvalue weighted by Crippen LogP contribution is -2.64. The zero-order valence-corrected chi connectivity index (χ0v) is 16.8. The predicted octanol–water partition coefficient (Wildman–Crippen LogP) is 1.99. The Balaban J connectivity index is 1.42. The summed E-state index contributed by atoms with van der Waals surface area (Å²) in [7, 11) is 0. The average molecular weight is 402 g/mol. The number of nitrogens with two attached hydrogens (primary N) is 1. The Kier molecular flexibility index (Phi) is 5.89. The minimum Gasteiger partial charge on any atom is -0.370 e. The first-order valence-electron chi connectivity index (χ1n) is 9.87. The number of anilines is 1. The van der Waals surface area contributed by atoms with Crippen molar-refractivity contribution in [1.29, 1.82) is 0 Å². The van der Waals surface area contributed by atoms with Crippen molar-refractivity contribution >= 4 is 23.2 Å². The van der Waals surface area contributed by atoms with Crippen LogP contribution < -0.4 is 11.1 Å². The van der Waals surface area contributed by atoms with Crippen LogP contribution in [-0.4, -0.2) is 52.1 Å². The fraction of sp³-hybridized carbons (Fsp3) is 0.550. The number of hydrogen-bond acceptors (Lipinski definition) is 7. The predicted molar refractivity (Wildman–Crippen MR) is 109 cm³/mol. The third-order valence-electron chi connectivity index (χ3n) is 5.65. The molecule has 4 rings (SSSR count). The van der Waals surface area contributed by atoms with E-state index in [1.54, 1.807) is 23.7 Å². The summed E-state index contributed by atoms with van der Waals surface area (Å²) < 4.78 is 6.34. The number of nitrogens with zero attached hydrogens (tertiary/aromatic N) is 3. The van der Waals surface area contributed by atoms with Gasteiger partial charge in [0.1, 0.15) is 5.60 Å². The number of thiophene rings is 1. The molecule has 2 aromatic rings. The molecular formula is C20H27N5O2S. The molecule has 1 aliphatic carbocycles. The van der Waals surface area contributed by atoms with E-state index in [1.165, 1.54) is 0 Å². The van der Waals surface area contributed by atoms with Gasteiger partial charge >= 0.3 is 0 Å². The second kappa shape index (κ2) is 8.55. The van der Waals surface area contributed by atoms with E-state index >= 15 is 0 Å². The smallest absolute Gasteiger partial charge is 0.225 e. The van der Waals surface area contributed by atoms with Crippen LogP contribution in [0.5, 0.6) is 0 Å². The highest BCUT2D eigenvalue weighted by molar-refractivity contribution is 7.10. The molecule has 28 heavy (non-hydrogen) atoms. The molecule has 2 aliphatic rings. The average Bonchev–Trinajstić information content (AvgIpc) is 3.19. The number of carbonyl (C=O) groups is 1. The zero-order chi connectivity index (χ0) is 19.4. The van der Waals surface area contributed by atoms with E-state index in [0.717, 1.165) is 55.8 Å². The highest BCUT2D eigenvalue weighted by atomic mass is 32.1. The highest BCUT2D eigenvalue weighted by Crippen LogP contribution is 2.35. The van der Waals surface area contributed by atoms with Gasteiger partial charge in [-0.2, -0.15) is 0 Å². The third-order valence-corrected chi connectivity index (χ3v) is 6.52. The molecule has 3 N–H and O–H groups in total. The fourth-order valence-electron chi connectivity index (χ4n) is 4.31. The van der Waals surface area contributed by atoms with Gasteiger partial charge in [0.2, 0.25) is 11.9 Å². The van der Waals surface area contributed by atoms with Crippen molar-refractivity contribution in [3.63, 3.8) is 0 Å². The van der Waals surface area contributed by atoms with E-state index in [2.05, 4.69) is 20.2 Å². The Hall–Kier alpha value is -2.03. The second-order valence-electron chi connectivity index (χ2n) is 7.70. The lowest BCUT2D eigenvalue weighted by molar-refractivity contribution is -0.151. The molecule has 8 heteroatoms. The van der Waals surface area contributed by atoms with Crippen molar-refractivity contribution in [3.8, 4) is 0 Å². The van der Waals surface area contributed by atoms with Gasteiger partial charge in [-0.05, 0) is 24.3 Å². The quantitative estimate of drug-likeness (QED) is 0.796. The monoisotopic (exact) mass is 401 g/mol. The molecule has 2 atom stereocenters. The Labute approximate surface area is 169 Å². The van der Waals surface area contributed by atoms with E-state index < -0.39 is 0 Å². The number of hydrogen-bond donors (Lipinski definition) is 2. The van der Waals surface area contributed by atoms with Crippen LogP contribution in [0.15, 0.2) is 29.9 Å². The van der Waals surface area contributed by atoms with E-state index in [9.17, 15) is 4.79 Å². The van der Waals surface area contributed by atoms with Crippen LogP contribution in [0.1, 0.15) is 36.1 Å². The lowest BCUT2D eigenvalue weighted by Gasteiger charge is -2.49.